The second kappa shape index (κ2) is 2.93. The van der Waals surface area contributed by atoms with E-state index < -0.39 is 0 Å². The zero-order valence-electron chi connectivity index (χ0n) is 7.19. The Balaban J connectivity index is 2.70. The van der Waals surface area contributed by atoms with E-state index in [1.807, 2.05) is 6.92 Å². The van der Waals surface area contributed by atoms with Gasteiger partial charge in [0.05, 0.1) is 11.4 Å². The van der Waals surface area contributed by atoms with Crippen molar-refractivity contribution in [2.45, 2.75) is 13.3 Å². The van der Waals surface area contributed by atoms with E-state index in [1.54, 1.807) is 6.08 Å². The Morgan fingerprint density at radius 3 is 2.85 bits per heavy atom. The SMILES string of the molecule is C=CCc1nnc(C)c2nonc12. The van der Waals surface area contributed by atoms with Crippen LogP contribution < -0.4 is 0 Å². The Labute approximate surface area is 74.4 Å². The summed E-state index contributed by atoms with van der Waals surface area (Å²) < 4.78 is 4.62. The van der Waals surface area contributed by atoms with Crippen molar-refractivity contribution in [3.05, 3.63) is 24.0 Å². The van der Waals surface area contributed by atoms with Crippen molar-refractivity contribution in [1.29, 1.82) is 0 Å². The second-order valence-corrected chi connectivity index (χ2v) is 2.69. The molecular formula is C8H8N4O. The number of aryl methyl sites for hydroxylation is 1. The molecule has 66 valence electrons. The average molecular weight is 176 g/mol. The molecule has 0 amide bonds. The topological polar surface area (TPSA) is 64.7 Å². The quantitative estimate of drug-likeness (QED) is 0.640. The third-order valence-corrected chi connectivity index (χ3v) is 1.76. The van der Waals surface area contributed by atoms with Gasteiger partial charge in [-0.15, -0.1) is 6.58 Å². The Morgan fingerprint density at radius 1 is 1.31 bits per heavy atom. The minimum atomic E-state index is 0.623. The maximum absolute atomic E-state index is 4.62. The third kappa shape index (κ3) is 1.18. The molecule has 2 aromatic heterocycles. The number of nitrogens with zero attached hydrogens (tertiary/aromatic N) is 4. The molecule has 0 fully saturated rings. The Kier molecular flexibility index (Phi) is 1.77. The molecule has 0 aliphatic heterocycles. The minimum absolute atomic E-state index is 0.623. The summed E-state index contributed by atoms with van der Waals surface area (Å²) in [6, 6.07) is 0. The molecule has 0 radical (unpaired) electrons. The highest BCUT2D eigenvalue weighted by molar-refractivity contribution is 5.77. The summed E-state index contributed by atoms with van der Waals surface area (Å²) in [5, 5.41) is 15.4. The fourth-order valence-electron chi connectivity index (χ4n) is 1.12. The summed E-state index contributed by atoms with van der Waals surface area (Å²) in [6.45, 7) is 5.44. The molecule has 0 bridgehead atoms. The summed E-state index contributed by atoms with van der Waals surface area (Å²) in [5.74, 6) is 0. The van der Waals surface area contributed by atoms with Gasteiger partial charge in [0.25, 0.3) is 0 Å². The van der Waals surface area contributed by atoms with Crippen LogP contribution in [0.5, 0.6) is 0 Å². The first-order chi connectivity index (χ1) is 6.33. The lowest BCUT2D eigenvalue weighted by Gasteiger charge is -1.95. The monoisotopic (exact) mass is 176 g/mol. The minimum Gasteiger partial charge on any atom is -0.243 e. The van der Waals surface area contributed by atoms with Crippen LogP contribution in [-0.4, -0.2) is 20.5 Å². The lowest BCUT2D eigenvalue weighted by Crippen LogP contribution is -1.95. The van der Waals surface area contributed by atoms with E-state index in [-0.39, 0.29) is 0 Å². The summed E-state index contributed by atoms with van der Waals surface area (Å²) >= 11 is 0. The van der Waals surface area contributed by atoms with Crippen molar-refractivity contribution in [1.82, 2.24) is 20.5 Å². The van der Waals surface area contributed by atoms with E-state index >= 15 is 0 Å². The van der Waals surface area contributed by atoms with Crippen LogP contribution in [0.3, 0.4) is 0 Å². The normalized spacial score (nSPS) is 10.5. The van der Waals surface area contributed by atoms with Crippen molar-refractivity contribution in [3.63, 3.8) is 0 Å². The lowest BCUT2D eigenvalue weighted by molar-refractivity contribution is 0.315. The summed E-state index contributed by atoms with van der Waals surface area (Å²) in [7, 11) is 0. The molecule has 0 atom stereocenters. The summed E-state index contributed by atoms with van der Waals surface area (Å²) in [5.41, 5.74) is 2.82. The van der Waals surface area contributed by atoms with Crippen LogP contribution in [0.15, 0.2) is 17.3 Å². The molecule has 0 aliphatic carbocycles. The highest BCUT2D eigenvalue weighted by Crippen LogP contribution is 2.14. The number of aromatic nitrogens is 4. The average Bonchev–Trinajstić information content (AvgIpc) is 2.59. The fraction of sp³-hybridized carbons (Fsp3) is 0.250. The van der Waals surface area contributed by atoms with Gasteiger partial charge in [-0.2, -0.15) is 10.2 Å². The third-order valence-electron chi connectivity index (χ3n) is 1.76. The number of fused-ring (bicyclic) bond motifs is 1. The zero-order valence-corrected chi connectivity index (χ0v) is 7.19. The first-order valence-corrected chi connectivity index (χ1v) is 3.88. The van der Waals surface area contributed by atoms with Crippen molar-refractivity contribution in [2.24, 2.45) is 0 Å². The lowest BCUT2D eigenvalue weighted by atomic mass is 10.2. The first-order valence-electron chi connectivity index (χ1n) is 3.88. The van der Waals surface area contributed by atoms with Crippen LogP contribution in [0.2, 0.25) is 0 Å². The number of allylic oxidation sites excluding steroid dienone is 1. The smallest absolute Gasteiger partial charge is 0.160 e. The molecule has 5 heteroatoms. The Morgan fingerprint density at radius 2 is 2.08 bits per heavy atom. The predicted molar refractivity (Wildman–Crippen MR) is 46.0 cm³/mol. The largest absolute Gasteiger partial charge is 0.243 e. The van der Waals surface area contributed by atoms with Crippen LogP contribution in [0.25, 0.3) is 11.0 Å². The van der Waals surface area contributed by atoms with Crippen molar-refractivity contribution in [2.75, 3.05) is 0 Å². The molecule has 13 heavy (non-hydrogen) atoms. The van der Waals surface area contributed by atoms with Crippen LogP contribution in [0.4, 0.5) is 0 Å². The van der Waals surface area contributed by atoms with E-state index in [9.17, 15) is 0 Å². The molecule has 0 saturated heterocycles. The van der Waals surface area contributed by atoms with Crippen molar-refractivity contribution >= 4 is 11.0 Å². The van der Waals surface area contributed by atoms with Gasteiger partial charge in [0.2, 0.25) is 0 Å². The molecule has 0 aromatic carbocycles. The van der Waals surface area contributed by atoms with Gasteiger partial charge in [0.1, 0.15) is 0 Å². The zero-order chi connectivity index (χ0) is 9.26. The molecular weight excluding hydrogens is 168 g/mol. The van der Waals surface area contributed by atoms with Gasteiger partial charge in [-0.05, 0) is 17.2 Å². The molecule has 0 unspecified atom stereocenters. The van der Waals surface area contributed by atoms with Gasteiger partial charge in [0.15, 0.2) is 11.0 Å². The van der Waals surface area contributed by atoms with Crippen LogP contribution >= 0.6 is 0 Å². The van der Waals surface area contributed by atoms with Gasteiger partial charge >= 0.3 is 0 Å². The van der Waals surface area contributed by atoms with Gasteiger partial charge in [-0.1, -0.05) is 6.08 Å². The molecule has 0 aliphatic rings. The Bertz CT molecular complexity index is 448. The van der Waals surface area contributed by atoms with Gasteiger partial charge in [0, 0.05) is 6.42 Å². The second-order valence-electron chi connectivity index (χ2n) is 2.69. The number of rotatable bonds is 2. The maximum atomic E-state index is 4.62. The molecule has 0 N–H and O–H groups in total. The fourth-order valence-corrected chi connectivity index (χ4v) is 1.12. The van der Waals surface area contributed by atoms with Gasteiger partial charge in [-0.25, -0.2) is 4.63 Å². The van der Waals surface area contributed by atoms with Crippen molar-refractivity contribution in [3.8, 4) is 0 Å². The Hall–Kier alpha value is -1.78. The van der Waals surface area contributed by atoms with Gasteiger partial charge < -0.3 is 0 Å². The summed E-state index contributed by atoms with van der Waals surface area (Å²) in [4.78, 5) is 0. The van der Waals surface area contributed by atoms with Crippen LogP contribution in [0.1, 0.15) is 11.4 Å². The maximum Gasteiger partial charge on any atom is 0.160 e. The van der Waals surface area contributed by atoms with Crippen LogP contribution in [0, 0.1) is 6.92 Å². The predicted octanol–water partition coefficient (Wildman–Crippen LogP) is 1.05. The summed E-state index contributed by atoms with van der Waals surface area (Å²) in [6.07, 6.45) is 2.37. The van der Waals surface area contributed by atoms with E-state index in [0.717, 1.165) is 11.4 Å². The number of hydrogen-bond donors (Lipinski definition) is 0. The number of hydrogen-bond acceptors (Lipinski definition) is 5. The highest BCUT2D eigenvalue weighted by Gasteiger charge is 2.10. The molecule has 0 spiro atoms. The van der Waals surface area contributed by atoms with E-state index in [2.05, 4.69) is 31.7 Å². The van der Waals surface area contributed by atoms with E-state index in [4.69, 9.17) is 0 Å². The standard InChI is InChI=1S/C8H8N4O/c1-3-4-6-8-7(11-13-12-8)5(2)9-10-6/h3H,1,4H2,2H3. The van der Waals surface area contributed by atoms with Crippen molar-refractivity contribution < 1.29 is 4.63 Å². The molecule has 5 nitrogen and oxygen atoms in total. The van der Waals surface area contributed by atoms with E-state index in [1.165, 1.54) is 0 Å². The molecule has 0 saturated carbocycles. The molecule has 2 heterocycles. The highest BCUT2D eigenvalue weighted by atomic mass is 16.6. The molecule has 2 rings (SSSR count). The molecule has 2 aromatic rings. The van der Waals surface area contributed by atoms with E-state index in [0.29, 0.717) is 17.5 Å². The van der Waals surface area contributed by atoms with Crippen LogP contribution in [-0.2, 0) is 6.42 Å². The first kappa shape index (κ1) is 7.85. The van der Waals surface area contributed by atoms with Gasteiger partial charge in [-0.3, -0.25) is 0 Å².